The highest BCUT2D eigenvalue weighted by Crippen LogP contribution is 2.20. The van der Waals surface area contributed by atoms with E-state index in [2.05, 4.69) is 32.7 Å². The fraction of sp³-hybridized carbons (Fsp3) is 1.00. The van der Waals surface area contributed by atoms with E-state index in [1.165, 1.54) is 0 Å². The van der Waals surface area contributed by atoms with Crippen molar-refractivity contribution < 1.29 is 12.7 Å². The average Bonchev–Trinajstić information content (AvgIpc) is 1.79. The van der Waals surface area contributed by atoms with E-state index in [9.17, 15) is 0 Å². The van der Waals surface area contributed by atoms with Gasteiger partial charge in [0, 0.05) is 6.61 Å². The summed E-state index contributed by atoms with van der Waals surface area (Å²) in [7, 11) is -4.40. The molecule has 1 saturated heterocycles. The topological polar surface area (TPSA) is 27.7 Å². The molecule has 1 rings (SSSR count). The quantitative estimate of drug-likeness (QED) is 0.602. The second-order valence-electron chi connectivity index (χ2n) is 4.45. The van der Waals surface area contributed by atoms with Crippen molar-refractivity contribution in [1.29, 1.82) is 0 Å². The first kappa shape index (κ1) is 11.6. The number of hydrogen-bond acceptors (Lipinski definition) is 3. The minimum absolute atomic E-state index is 0.813. The van der Waals surface area contributed by atoms with Crippen LogP contribution in [0.3, 0.4) is 0 Å². The van der Waals surface area contributed by atoms with Crippen LogP contribution < -0.4 is 0 Å². The summed E-state index contributed by atoms with van der Waals surface area (Å²) in [6.07, 6.45) is 0. The van der Waals surface area contributed by atoms with Gasteiger partial charge >= 0.3 is 17.8 Å². The van der Waals surface area contributed by atoms with Gasteiger partial charge in [-0.1, -0.05) is 0 Å². The summed E-state index contributed by atoms with van der Waals surface area (Å²) in [6, 6.07) is 1.09. The van der Waals surface area contributed by atoms with Gasteiger partial charge in [0.05, 0.1) is 0 Å². The van der Waals surface area contributed by atoms with Crippen molar-refractivity contribution >= 4 is 26.2 Å². The maximum atomic E-state index is 5.99. The van der Waals surface area contributed by atoms with Crippen molar-refractivity contribution in [1.82, 2.24) is 0 Å². The van der Waals surface area contributed by atoms with Gasteiger partial charge in [0.2, 0.25) is 0 Å². The standard InChI is InChI=1S/C7H19O3Si3/c1-11-9-12(2,3)7-6-8-13(4,5)10-11/h6-7H2,1-5H3. The first-order valence-electron chi connectivity index (χ1n) is 4.66. The van der Waals surface area contributed by atoms with Crippen LogP contribution in [0.2, 0.25) is 38.8 Å². The molecule has 0 aromatic carbocycles. The van der Waals surface area contributed by atoms with Crippen LogP contribution in [0.15, 0.2) is 0 Å². The summed E-state index contributed by atoms with van der Waals surface area (Å²) in [4.78, 5) is 0. The van der Waals surface area contributed by atoms with Crippen molar-refractivity contribution in [2.45, 2.75) is 38.8 Å². The van der Waals surface area contributed by atoms with Gasteiger partial charge in [0.1, 0.15) is 0 Å². The molecule has 0 aromatic heterocycles. The normalized spacial score (nSPS) is 29.3. The second kappa shape index (κ2) is 3.95. The third kappa shape index (κ3) is 4.05. The van der Waals surface area contributed by atoms with Gasteiger partial charge in [-0.25, -0.2) is 0 Å². The zero-order valence-corrected chi connectivity index (χ0v) is 12.1. The maximum absolute atomic E-state index is 5.99. The van der Waals surface area contributed by atoms with E-state index < -0.39 is 26.2 Å². The molecule has 0 unspecified atom stereocenters. The van der Waals surface area contributed by atoms with E-state index in [0.29, 0.717) is 0 Å². The van der Waals surface area contributed by atoms with Crippen LogP contribution in [0.4, 0.5) is 0 Å². The Morgan fingerprint density at radius 3 is 2.31 bits per heavy atom. The van der Waals surface area contributed by atoms with Gasteiger partial charge in [-0.3, -0.25) is 0 Å². The van der Waals surface area contributed by atoms with Crippen molar-refractivity contribution in [3.8, 4) is 0 Å². The van der Waals surface area contributed by atoms with Crippen LogP contribution in [0, 0.1) is 0 Å². The van der Waals surface area contributed by atoms with Crippen LogP contribution in [0.5, 0.6) is 0 Å². The molecule has 6 heteroatoms. The molecule has 0 aliphatic carbocycles. The van der Waals surface area contributed by atoms with E-state index >= 15 is 0 Å². The Kier molecular flexibility index (Phi) is 3.53. The first-order valence-corrected chi connectivity index (χ1v) is 12.4. The Morgan fingerprint density at radius 2 is 1.69 bits per heavy atom. The summed E-state index contributed by atoms with van der Waals surface area (Å²) in [5.41, 5.74) is 0. The van der Waals surface area contributed by atoms with Crippen molar-refractivity contribution in [3.05, 3.63) is 0 Å². The summed E-state index contributed by atoms with van der Waals surface area (Å²) in [6.45, 7) is 11.5. The predicted molar refractivity (Wildman–Crippen MR) is 59.5 cm³/mol. The fourth-order valence-corrected chi connectivity index (χ4v) is 9.84. The molecule has 0 amide bonds. The van der Waals surface area contributed by atoms with E-state index in [1.807, 2.05) is 0 Å². The highest BCUT2D eigenvalue weighted by Gasteiger charge is 2.36. The molecule has 13 heavy (non-hydrogen) atoms. The van der Waals surface area contributed by atoms with Gasteiger partial charge in [-0.2, -0.15) is 0 Å². The molecule has 0 spiro atoms. The molecule has 1 radical (unpaired) electrons. The molecule has 1 aliphatic heterocycles. The van der Waals surface area contributed by atoms with Crippen LogP contribution in [0.25, 0.3) is 0 Å². The minimum Gasteiger partial charge on any atom is -0.435 e. The third-order valence-corrected chi connectivity index (χ3v) is 10.7. The average molecular weight is 235 g/mol. The fourth-order valence-electron chi connectivity index (χ4n) is 1.38. The minimum atomic E-state index is -1.86. The van der Waals surface area contributed by atoms with Gasteiger partial charge in [-0.15, -0.1) is 0 Å². The smallest absolute Gasteiger partial charge is 0.360 e. The Morgan fingerprint density at radius 1 is 1.08 bits per heavy atom. The largest absolute Gasteiger partial charge is 0.435 e. The molecular weight excluding hydrogens is 216 g/mol. The molecule has 0 bridgehead atoms. The highest BCUT2D eigenvalue weighted by atomic mass is 28.5. The second-order valence-corrected chi connectivity index (χ2v) is 14.2. The SMILES string of the molecule is C[Si]1O[Si](C)(C)CCO[Si](C)(C)O1. The van der Waals surface area contributed by atoms with Crippen LogP contribution in [-0.2, 0) is 12.7 Å². The van der Waals surface area contributed by atoms with E-state index in [1.54, 1.807) is 0 Å². The lowest BCUT2D eigenvalue weighted by Gasteiger charge is -2.35. The number of rotatable bonds is 0. The van der Waals surface area contributed by atoms with E-state index in [-0.39, 0.29) is 0 Å². The summed E-state index contributed by atoms with van der Waals surface area (Å²) < 4.78 is 17.6. The Balaban J connectivity index is 2.59. The van der Waals surface area contributed by atoms with Gasteiger partial charge in [0.15, 0.2) is 8.32 Å². The van der Waals surface area contributed by atoms with Crippen LogP contribution in [0.1, 0.15) is 0 Å². The summed E-state index contributed by atoms with van der Waals surface area (Å²) in [5, 5.41) is 0. The maximum Gasteiger partial charge on any atom is 0.360 e. The number of hydrogen-bond donors (Lipinski definition) is 0. The summed E-state index contributed by atoms with van der Waals surface area (Å²) in [5.74, 6) is 0. The highest BCUT2D eigenvalue weighted by molar-refractivity contribution is 6.80. The van der Waals surface area contributed by atoms with E-state index in [0.717, 1.165) is 12.7 Å². The van der Waals surface area contributed by atoms with Gasteiger partial charge in [0.25, 0.3) is 0 Å². The molecule has 1 fully saturated rings. The molecule has 3 nitrogen and oxygen atoms in total. The van der Waals surface area contributed by atoms with Crippen LogP contribution >= 0.6 is 0 Å². The van der Waals surface area contributed by atoms with E-state index in [4.69, 9.17) is 12.7 Å². The molecular formula is C7H19O3Si3. The van der Waals surface area contributed by atoms with Crippen LogP contribution in [-0.4, -0.2) is 32.8 Å². The Hall–Kier alpha value is 0.531. The zero-order chi connectivity index (χ0) is 10.1. The molecule has 1 heterocycles. The van der Waals surface area contributed by atoms with Crippen molar-refractivity contribution in [3.63, 3.8) is 0 Å². The third-order valence-electron chi connectivity index (χ3n) is 1.96. The Bertz CT molecular complexity index is 166. The molecule has 1 aliphatic rings. The lowest BCUT2D eigenvalue weighted by atomic mass is 10.9. The van der Waals surface area contributed by atoms with Gasteiger partial charge in [-0.05, 0) is 38.8 Å². The lowest BCUT2D eigenvalue weighted by molar-refractivity contribution is 0.234. The molecule has 0 aromatic rings. The first-order chi connectivity index (χ1) is 5.81. The van der Waals surface area contributed by atoms with Crippen molar-refractivity contribution in [2.75, 3.05) is 6.61 Å². The predicted octanol–water partition coefficient (Wildman–Crippen LogP) is 2.07. The molecule has 77 valence electrons. The summed E-state index contributed by atoms with van der Waals surface area (Å²) >= 11 is 0. The molecule has 0 saturated carbocycles. The lowest BCUT2D eigenvalue weighted by Crippen LogP contribution is -2.49. The van der Waals surface area contributed by atoms with Gasteiger partial charge < -0.3 is 12.7 Å². The monoisotopic (exact) mass is 235 g/mol. The zero-order valence-electron chi connectivity index (χ0n) is 9.14. The Labute approximate surface area is 84.6 Å². The molecule has 0 atom stereocenters. The van der Waals surface area contributed by atoms with Crippen molar-refractivity contribution in [2.24, 2.45) is 0 Å². The molecule has 0 N–H and O–H groups in total.